The smallest absolute Gasteiger partial charge is 0.338 e. The largest absolute Gasteiger partial charge is 0.459 e. The number of halogens is 1. The number of ether oxygens (including phenoxy) is 1. The topological polar surface area (TPSA) is 52.3 Å². The van der Waals surface area contributed by atoms with Gasteiger partial charge in [-0.2, -0.15) is 0 Å². The van der Waals surface area contributed by atoms with Crippen LogP contribution in [0.15, 0.2) is 22.7 Å². The van der Waals surface area contributed by atoms with Gasteiger partial charge in [-0.3, -0.25) is 0 Å². The minimum atomic E-state index is -0.265. The van der Waals surface area contributed by atoms with E-state index in [0.29, 0.717) is 11.3 Å². The highest BCUT2D eigenvalue weighted by molar-refractivity contribution is 9.10. The van der Waals surface area contributed by atoms with E-state index in [1.54, 1.807) is 18.2 Å². The van der Waals surface area contributed by atoms with Crippen LogP contribution in [-0.2, 0) is 4.74 Å². The zero-order valence-corrected chi connectivity index (χ0v) is 12.8. The van der Waals surface area contributed by atoms with Gasteiger partial charge in [0.1, 0.15) is 6.10 Å². The second kappa shape index (κ2) is 6.42. The van der Waals surface area contributed by atoms with E-state index in [-0.39, 0.29) is 12.1 Å². The molecule has 0 amide bonds. The minimum absolute atomic E-state index is 0.0696. The Morgan fingerprint density at radius 1 is 1.37 bits per heavy atom. The van der Waals surface area contributed by atoms with E-state index in [0.717, 1.165) is 36.1 Å². The van der Waals surface area contributed by atoms with Crippen molar-refractivity contribution < 1.29 is 9.53 Å². The molecule has 0 heterocycles. The van der Waals surface area contributed by atoms with Crippen molar-refractivity contribution >= 4 is 27.6 Å². The van der Waals surface area contributed by atoms with Crippen molar-refractivity contribution in [2.24, 2.45) is 5.92 Å². The highest BCUT2D eigenvalue weighted by Gasteiger charge is 2.23. The van der Waals surface area contributed by atoms with Crippen LogP contribution in [0.4, 0.5) is 5.69 Å². The summed E-state index contributed by atoms with van der Waals surface area (Å²) in [7, 11) is 0. The first-order valence-corrected chi connectivity index (χ1v) is 7.65. The van der Waals surface area contributed by atoms with Gasteiger partial charge >= 0.3 is 5.97 Å². The van der Waals surface area contributed by atoms with Crippen LogP contribution in [0.5, 0.6) is 0 Å². The number of anilines is 1. The molecule has 0 unspecified atom stereocenters. The average molecular weight is 326 g/mol. The summed E-state index contributed by atoms with van der Waals surface area (Å²) < 4.78 is 6.35. The van der Waals surface area contributed by atoms with Crippen molar-refractivity contribution in [1.82, 2.24) is 0 Å². The second-order valence-corrected chi connectivity index (χ2v) is 6.05. The van der Waals surface area contributed by atoms with Crippen LogP contribution >= 0.6 is 15.9 Å². The lowest BCUT2D eigenvalue weighted by Gasteiger charge is -2.27. The normalized spacial score (nSPS) is 23.1. The number of esters is 1. The second-order valence-electron chi connectivity index (χ2n) is 5.19. The maximum Gasteiger partial charge on any atom is 0.338 e. The van der Waals surface area contributed by atoms with Crippen LogP contribution in [0.1, 0.15) is 49.4 Å². The molecule has 0 saturated heterocycles. The molecule has 0 spiro atoms. The first-order chi connectivity index (χ1) is 9.10. The summed E-state index contributed by atoms with van der Waals surface area (Å²) in [5, 5.41) is 0. The van der Waals surface area contributed by atoms with E-state index >= 15 is 0 Å². The monoisotopic (exact) mass is 325 g/mol. The number of rotatable bonds is 3. The SMILES string of the molecule is CCC1CCC(OC(=O)c2ccc(Br)c(N)c2)CC1. The number of nitrogens with two attached hydrogens (primary N) is 1. The molecule has 0 atom stereocenters. The molecule has 2 rings (SSSR count). The summed E-state index contributed by atoms with van der Waals surface area (Å²) >= 11 is 3.31. The lowest BCUT2D eigenvalue weighted by atomic mass is 9.86. The van der Waals surface area contributed by atoms with Gasteiger partial charge in [-0.15, -0.1) is 0 Å². The molecule has 0 aromatic heterocycles. The Labute approximate surface area is 122 Å². The number of hydrogen-bond acceptors (Lipinski definition) is 3. The van der Waals surface area contributed by atoms with E-state index in [1.807, 2.05) is 0 Å². The predicted octanol–water partition coefficient (Wildman–Crippen LogP) is 4.16. The fourth-order valence-electron chi connectivity index (χ4n) is 2.55. The summed E-state index contributed by atoms with van der Waals surface area (Å²) in [5.41, 5.74) is 6.86. The summed E-state index contributed by atoms with van der Waals surface area (Å²) in [4.78, 5) is 12.0. The predicted molar refractivity (Wildman–Crippen MR) is 80.0 cm³/mol. The lowest BCUT2D eigenvalue weighted by molar-refractivity contribution is 0.0164. The molecule has 4 heteroatoms. The molecule has 1 aliphatic carbocycles. The van der Waals surface area contributed by atoms with Crippen LogP contribution in [0, 0.1) is 5.92 Å². The van der Waals surface area contributed by atoms with Gasteiger partial charge < -0.3 is 10.5 Å². The molecular formula is C15H20BrNO2. The third-order valence-electron chi connectivity index (χ3n) is 3.88. The molecule has 0 radical (unpaired) electrons. The van der Waals surface area contributed by atoms with Crippen LogP contribution in [0.3, 0.4) is 0 Å². The first-order valence-electron chi connectivity index (χ1n) is 6.86. The average Bonchev–Trinajstić information content (AvgIpc) is 2.42. The standard InChI is InChI=1S/C15H20BrNO2/c1-2-10-3-6-12(7-4-10)19-15(18)11-5-8-13(16)14(17)9-11/h5,8-10,12H,2-4,6-7,17H2,1H3. The van der Waals surface area contributed by atoms with Gasteiger partial charge in [0.25, 0.3) is 0 Å². The minimum Gasteiger partial charge on any atom is -0.459 e. The Kier molecular flexibility index (Phi) is 4.86. The van der Waals surface area contributed by atoms with Gasteiger partial charge in [-0.25, -0.2) is 4.79 Å². The third-order valence-corrected chi connectivity index (χ3v) is 4.60. The van der Waals surface area contributed by atoms with E-state index in [1.165, 1.54) is 6.42 Å². The van der Waals surface area contributed by atoms with Crippen molar-refractivity contribution in [3.05, 3.63) is 28.2 Å². The van der Waals surface area contributed by atoms with Crippen LogP contribution in [0.25, 0.3) is 0 Å². The molecule has 1 aromatic rings. The van der Waals surface area contributed by atoms with Crippen LogP contribution in [-0.4, -0.2) is 12.1 Å². The Bertz CT molecular complexity index is 453. The third kappa shape index (κ3) is 3.72. The highest BCUT2D eigenvalue weighted by atomic mass is 79.9. The van der Waals surface area contributed by atoms with Crippen molar-refractivity contribution in [2.75, 3.05) is 5.73 Å². The maximum atomic E-state index is 12.0. The molecule has 104 valence electrons. The zero-order chi connectivity index (χ0) is 13.8. The van der Waals surface area contributed by atoms with Gasteiger partial charge in [0.15, 0.2) is 0 Å². The number of nitrogen functional groups attached to an aromatic ring is 1. The Balaban J connectivity index is 1.92. The summed E-state index contributed by atoms with van der Waals surface area (Å²) in [6, 6.07) is 5.17. The van der Waals surface area contributed by atoms with Crippen molar-refractivity contribution in [2.45, 2.75) is 45.1 Å². The molecular weight excluding hydrogens is 306 g/mol. The summed E-state index contributed by atoms with van der Waals surface area (Å²) in [6.45, 7) is 2.22. The van der Waals surface area contributed by atoms with E-state index in [9.17, 15) is 4.79 Å². The maximum absolute atomic E-state index is 12.0. The number of benzene rings is 1. The number of carbonyl (C=O) groups is 1. The summed E-state index contributed by atoms with van der Waals surface area (Å²) in [5.74, 6) is 0.539. The fraction of sp³-hybridized carbons (Fsp3) is 0.533. The fourth-order valence-corrected chi connectivity index (χ4v) is 2.79. The van der Waals surface area contributed by atoms with E-state index in [4.69, 9.17) is 10.5 Å². The van der Waals surface area contributed by atoms with E-state index in [2.05, 4.69) is 22.9 Å². The molecule has 1 aromatic carbocycles. The number of carbonyl (C=O) groups excluding carboxylic acids is 1. The van der Waals surface area contributed by atoms with Crippen LogP contribution < -0.4 is 5.73 Å². The zero-order valence-electron chi connectivity index (χ0n) is 11.2. The Morgan fingerprint density at radius 2 is 2.05 bits per heavy atom. The number of hydrogen-bond donors (Lipinski definition) is 1. The van der Waals surface area contributed by atoms with Gasteiger partial charge in [0.2, 0.25) is 0 Å². The summed E-state index contributed by atoms with van der Waals surface area (Å²) in [6.07, 6.45) is 5.59. The first kappa shape index (κ1) is 14.4. The Morgan fingerprint density at radius 3 is 2.63 bits per heavy atom. The lowest BCUT2D eigenvalue weighted by Crippen LogP contribution is -2.24. The van der Waals surface area contributed by atoms with Gasteiger partial charge in [0, 0.05) is 10.2 Å². The van der Waals surface area contributed by atoms with Crippen molar-refractivity contribution in [3.8, 4) is 0 Å². The molecule has 0 aliphatic heterocycles. The molecule has 1 aliphatic rings. The molecule has 2 N–H and O–H groups in total. The van der Waals surface area contributed by atoms with E-state index < -0.39 is 0 Å². The molecule has 1 fully saturated rings. The Hall–Kier alpha value is -1.03. The molecule has 3 nitrogen and oxygen atoms in total. The van der Waals surface area contributed by atoms with Crippen molar-refractivity contribution in [3.63, 3.8) is 0 Å². The molecule has 1 saturated carbocycles. The van der Waals surface area contributed by atoms with Gasteiger partial charge in [0.05, 0.1) is 5.56 Å². The van der Waals surface area contributed by atoms with Gasteiger partial charge in [-0.05, 0) is 65.7 Å². The van der Waals surface area contributed by atoms with Crippen LogP contribution in [0.2, 0.25) is 0 Å². The quantitative estimate of drug-likeness (QED) is 0.670. The highest BCUT2D eigenvalue weighted by Crippen LogP contribution is 2.29. The van der Waals surface area contributed by atoms with Crippen molar-refractivity contribution in [1.29, 1.82) is 0 Å². The van der Waals surface area contributed by atoms with Gasteiger partial charge in [-0.1, -0.05) is 13.3 Å². The molecule has 0 bridgehead atoms. The molecule has 19 heavy (non-hydrogen) atoms.